The third-order valence-corrected chi connectivity index (χ3v) is 4.81. The first-order valence-corrected chi connectivity index (χ1v) is 9.32. The molecule has 0 unspecified atom stereocenters. The molecule has 5 nitrogen and oxygen atoms in total. The van der Waals surface area contributed by atoms with Crippen LogP contribution in [0.4, 0.5) is 11.4 Å². The van der Waals surface area contributed by atoms with Crippen molar-refractivity contribution in [2.75, 3.05) is 18.2 Å². The van der Waals surface area contributed by atoms with Crippen molar-refractivity contribution in [3.05, 3.63) is 66.4 Å². The van der Waals surface area contributed by atoms with E-state index in [-0.39, 0.29) is 63.2 Å². The van der Waals surface area contributed by atoms with Gasteiger partial charge in [-0.2, -0.15) is 12.8 Å². The van der Waals surface area contributed by atoms with Gasteiger partial charge >= 0.3 is 51.4 Å². The summed E-state index contributed by atoms with van der Waals surface area (Å²) in [7, 11) is 1.64. The number of nitrogens with two attached hydrogens (primary N) is 1. The van der Waals surface area contributed by atoms with Gasteiger partial charge in [0.1, 0.15) is 5.75 Å². The Morgan fingerprint density at radius 2 is 1.97 bits per heavy atom. The summed E-state index contributed by atoms with van der Waals surface area (Å²) in [6.07, 6.45) is 8.04. The summed E-state index contributed by atoms with van der Waals surface area (Å²) in [6.45, 7) is 5.59. The Kier molecular flexibility index (Phi) is 11.6. The topological polar surface area (TPSA) is 81.4 Å². The van der Waals surface area contributed by atoms with Crippen LogP contribution in [0.1, 0.15) is 42.4 Å². The summed E-state index contributed by atoms with van der Waals surface area (Å²) >= 11 is 0. The maximum absolute atomic E-state index is 12.1. The zero-order valence-corrected chi connectivity index (χ0v) is 20.6. The number of hydrogen-bond donors (Lipinski definition) is 2. The molecule has 0 atom stereocenters. The molecule has 0 aliphatic heterocycles. The van der Waals surface area contributed by atoms with Crippen LogP contribution in [0, 0.1) is 26.2 Å². The number of carbonyl (C=O) groups excluding carboxylic acids is 2. The van der Waals surface area contributed by atoms with Crippen molar-refractivity contribution in [3.8, 4) is 5.75 Å². The molecular weight excluding hydrogens is 391 g/mol. The van der Waals surface area contributed by atoms with Crippen LogP contribution in [-0.2, 0) is 9.59 Å². The Morgan fingerprint density at radius 1 is 1.28 bits per heavy atom. The first-order chi connectivity index (χ1) is 13.5. The second-order valence-corrected chi connectivity index (χ2v) is 6.79. The number of carbonyl (C=O) groups is 1. The minimum Gasteiger partial charge on any atom is -0.496 e. The van der Waals surface area contributed by atoms with Gasteiger partial charge in [-0.25, -0.2) is 6.07 Å². The van der Waals surface area contributed by atoms with Gasteiger partial charge in [-0.05, 0) is 24.8 Å². The fourth-order valence-corrected chi connectivity index (χ4v) is 3.03. The maximum atomic E-state index is 12.1. The largest absolute Gasteiger partial charge is 1.00 e. The average Bonchev–Trinajstić information content (AvgIpc) is 2.72. The van der Waals surface area contributed by atoms with Gasteiger partial charge in [0.05, 0.1) is 7.11 Å². The molecule has 0 spiro atoms. The van der Waals surface area contributed by atoms with Crippen LogP contribution in [0.25, 0.3) is 0 Å². The molecule has 29 heavy (non-hydrogen) atoms. The predicted molar refractivity (Wildman–Crippen MR) is 113 cm³/mol. The normalized spacial score (nSPS) is 13.3. The van der Waals surface area contributed by atoms with Crippen molar-refractivity contribution in [3.63, 3.8) is 0 Å². The van der Waals surface area contributed by atoms with Crippen molar-refractivity contribution in [2.24, 2.45) is 5.92 Å². The molecule has 0 saturated heterocycles. The van der Waals surface area contributed by atoms with Crippen molar-refractivity contribution in [2.45, 2.75) is 32.6 Å². The summed E-state index contributed by atoms with van der Waals surface area (Å²) in [5.41, 5.74) is 8.86. The number of methoxy groups -OCH3 is 1. The average molecular weight is 419 g/mol. The molecule has 0 heterocycles. The minimum absolute atomic E-state index is 0. The van der Waals surface area contributed by atoms with E-state index in [9.17, 15) is 9.59 Å². The molecule has 3 rings (SSSR count). The quantitative estimate of drug-likeness (QED) is 0.445. The van der Waals surface area contributed by atoms with Gasteiger partial charge in [0.15, 0.2) is 0 Å². The second-order valence-electron chi connectivity index (χ2n) is 6.79. The summed E-state index contributed by atoms with van der Waals surface area (Å²) in [5.74, 6) is 1.10. The van der Waals surface area contributed by atoms with Gasteiger partial charge < -0.3 is 27.0 Å². The van der Waals surface area contributed by atoms with Crippen LogP contribution >= 0.6 is 0 Å². The van der Waals surface area contributed by atoms with E-state index < -0.39 is 0 Å². The molecule has 150 valence electrons. The van der Waals surface area contributed by atoms with E-state index in [1.165, 1.54) is 0 Å². The third kappa shape index (κ3) is 7.79. The van der Waals surface area contributed by atoms with E-state index in [4.69, 9.17) is 10.5 Å². The molecule has 1 saturated carbocycles. The van der Waals surface area contributed by atoms with Gasteiger partial charge in [-0.1, -0.05) is 18.9 Å². The number of rotatable bonds is 4. The SMILES string of the molecule is COc1cc(NC(=O)C2CC[CH-]CC2)ccc1C.[CH2-]c1c(N)cccc1[C-]=O.[K+]. The second kappa shape index (κ2) is 13.1. The number of hydrogen-bond acceptors (Lipinski definition) is 4. The monoisotopic (exact) mass is 418 g/mol. The molecular formula is C23H27KN2O3-2. The number of amides is 1. The summed E-state index contributed by atoms with van der Waals surface area (Å²) in [6, 6.07) is 10.8. The predicted octanol–water partition coefficient (Wildman–Crippen LogP) is 1.25. The molecule has 0 radical (unpaired) electrons. The Morgan fingerprint density at radius 3 is 2.55 bits per heavy atom. The van der Waals surface area contributed by atoms with Crippen molar-refractivity contribution in [1.29, 1.82) is 0 Å². The smallest absolute Gasteiger partial charge is 0.496 e. The van der Waals surface area contributed by atoms with Crippen LogP contribution in [0.5, 0.6) is 5.75 Å². The summed E-state index contributed by atoms with van der Waals surface area (Å²) in [4.78, 5) is 22.2. The van der Waals surface area contributed by atoms with Crippen molar-refractivity contribution in [1.82, 2.24) is 0 Å². The fraction of sp³-hybridized carbons (Fsp3) is 0.304. The number of ether oxygens (including phenoxy) is 1. The van der Waals surface area contributed by atoms with E-state index in [0.717, 1.165) is 42.7 Å². The van der Waals surface area contributed by atoms with E-state index in [1.54, 1.807) is 31.6 Å². The third-order valence-electron chi connectivity index (χ3n) is 4.81. The van der Waals surface area contributed by atoms with Gasteiger partial charge in [-0.3, -0.25) is 22.8 Å². The van der Waals surface area contributed by atoms with Gasteiger partial charge in [-0.15, -0.1) is 17.8 Å². The summed E-state index contributed by atoms with van der Waals surface area (Å²) < 4.78 is 5.26. The maximum Gasteiger partial charge on any atom is 1.00 e. The zero-order valence-electron chi connectivity index (χ0n) is 17.5. The van der Waals surface area contributed by atoms with E-state index in [1.807, 2.05) is 25.1 Å². The van der Waals surface area contributed by atoms with Crippen LogP contribution < -0.4 is 67.2 Å². The first kappa shape index (κ1) is 25.7. The van der Waals surface area contributed by atoms with Gasteiger partial charge in [0.25, 0.3) is 0 Å². The fourth-order valence-electron chi connectivity index (χ4n) is 3.03. The molecule has 0 bridgehead atoms. The Labute approximate surface area is 216 Å². The van der Waals surface area contributed by atoms with Crippen LogP contribution in [0.15, 0.2) is 36.4 Å². The van der Waals surface area contributed by atoms with Crippen molar-refractivity contribution >= 4 is 23.6 Å². The molecule has 1 fully saturated rings. The standard InChI is InChI=1S/C15H20NO2.C8H7NO.K/c1-11-8-9-13(10-14(11)18-2)16-15(17)12-6-4-3-5-7-12;1-6-7(5-10)3-2-4-8(6)9;/h3,8-10,12H,4-7H2,1-2H3,(H,16,17);2-4H,1,9H2;/q-1;-2;+1. The number of nitrogens with one attached hydrogen (secondary N) is 1. The van der Waals surface area contributed by atoms with Crippen LogP contribution in [0.3, 0.4) is 0 Å². The number of aryl methyl sites for hydroxylation is 1. The zero-order chi connectivity index (χ0) is 20.5. The van der Waals surface area contributed by atoms with Gasteiger partial charge in [0, 0.05) is 17.7 Å². The molecule has 3 N–H and O–H groups in total. The van der Waals surface area contributed by atoms with Crippen LogP contribution in [-0.4, -0.2) is 19.3 Å². The molecule has 1 aliphatic carbocycles. The van der Waals surface area contributed by atoms with E-state index in [0.29, 0.717) is 16.8 Å². The molecule has 1 aliphatic rings. The number of benzene rings is 2. The Hall–Kier alpha value is -1.31. The van der Waals surface area contributed by atoms with Crippen molar-refractivity contribution < 1.29 is 65.7 Å². The number of nitrogen functional groups attached to an aromatic ring is 1. The molecule has 2 aromatic rings. The number of anilines is 2. The molecule has 0 aromatic heterocycles. The van der Waals surface area contributed by atoms with Crippen LogP contribution in [0.2, 0.25) is 0 Å². The van der Waals surface area contributed by atoms with E-state index in [2.05, 4.69) is 18.7 Å². The summed E-state index contributed by atoms with van der Waals surface area (Å²) in [5, 5.41) is 2.98. The Balaban J connectivity index is 0.000000327. The minimum atomic E-state index is 0. The Bertz CT molecular complexity index is 818. The molecule has 1 amide bonds. The van der Waals surface area contributed by atoms with Gasteiger partial charge in [0.2, 0.25) is 5.91 Å². The first-order valence-electron chi connectivity index (χ1n) is 9.32. The molecule has 2 aromatic carbocycles. The van der Waals surface area contributed by atoms with E-state index >= 15 is 0 Å². The molecule has 6 heteroatoms.